The SMILES string of the molecule is COc1c(C)cc(CCN(C)C(C)(C)CO)cc1C. The largest absolute Gasteiger partial charge is 0.496 e. The molecule has 0 atom stereocenters. The van der Waals surface area contributed by atoms with Gasteiger partial charge in [-0.2, -0.15) is 0 Å². The smallest absolute Gasteiger partial charge is 0.124 e. The number of aryl methyl sites for hydroxylation is 2. The second-order valence-corrected chi connectivity index (χ2v) is 5.90. The van der Waals surface area contributed by atoms with E-state index < -0.39 is 0 Å². The fourth-order valence-electron chi connectivity index (χ4n) is 2.23. The molecule has 0 aliphatic heterocycles. The summed E-state index contributed by atoms with van der Waals surface area (Å²) in [5, 5.41) is 9.36. The first kappa shape index (κ1) is 16.0. The summed E-state index contributed by atoms with van der Waals surface area (Å²) in [4.78, 5) is 2.20. The number of methoxy groups -OCH3 is 1. The van der Waals surface area contributed by atoms with Gasteiger partial charge in [0, 0.05) is 12.1 Å². The predicted octanol–water partition coefficient (Wildman–Crippen LogP) is 2.56. The summed E-state index contributed by atoms with van der Waals surface area (Å²) >= 11 is 0. The molecule has 0 heterocycles. The molecular formula is C16H27NO2. The molecule has 0 radical (unpaired) electrons. The summed E-state index contributed by atoms with van der Waals surface area (Å²) in [7, 11) is 3.77. The highest BCUT2D eigenvalue weighted by Crippen LogP contribution is 2.24. The standard InChI is InChI=1S/C16H27NO2/c1-12-9-14(10-13(2)15(12)19-6)7-8-17(5)16(3,4)11-18/h9-10,18H,7-8,11H2,1-6H3. The molecule has 0 spiro atoms. The van der Waals surface area contributed by atoms with E-state index in [0.717, 1.165) is 18.7 Å². The molecule has 0 amide bonds. The lowest BCUT2D eigenvalue weighted by atomic mass is 10.0. The third kappa shape index (κ3) is 3.95. The number of ether oxygens (including phenoxy) is 1. The van der Waals surface area contributed by atoms with Crippen molar-refractivity contribution in [2.45, 2.75) is 39.7 Å². The molecule has 108 valence electrons. The van der Waals surface area contributed by atoms with Crippen LogP contribution in [-0.4, -0.2) is 42.9 Å². The van der Waals surface area contributed by atoms with Crippen molar-refractivity contribution in [3.8, 4) is 5.75 Å². The number of hydrogen-bond donors (Lipinski definition) is 1. The Balaban J connectivity index is 2.74. The van der Waals surface area contributed by atoms with Crippen LogP contribution in [0.1, 0.15) is 30.5 Å². The van der Waals surface area contributed by atoms with Crippen LogP contribution in [-0.2, 0) is 6.42 Å². The molecule has 1 N–H and O–H groups in total. The van der Waals surface area contributed by atoms with Crippen molar-refractivity contribution in [1.82, 2.24) is 4.90 Å². The zero-order chi connectivity index (χ0) is 14.6. The molecule has 0 fully saturated rings. The van der Waals surface area contributed by atoms with Crippen molar-refractivity contribution in [3.05, 3.63) is 28.8 Å². The molecule has 3 nitrogen and oxygen atoms in total. The average molecular weight is 265 g/mol. The van der Waals surface area contributed by atoms with E-state index in [1.807, 2.05) is 0 Å². The second kappa shape index (κ2) is 6.40. The second-order valence-electron chi connectivity index (χ2n) is 5.90. The minimum atomic E-state index is -0.170. The van der Waals surface area contributed by atoms with E-state index in [-0.39, 0.29) is 12.1 Å². The van der Waals surface area contributed by atoms with Crippen molar-refractivity contribution in [2.75, 3.05) is 27.3 Å². The number of aliphatic hydroxyl groups is 1. The molecule has 0 saturated heterocycles. The molecule has 0 unspecified atom stereocenters. The van der Waals surface area contributed by atoms with Crippen LogP contribution < -0.4 is 4.74 Å². The van der Waals surface area contributed by atoms with E-state index in [4.69, 9.17) is 4.74 Å². The molecule has 3 heteroatoms. The van der Waals surface area contributed by atoms with Gasteiger partial charge in [0.15, 0.2) is 0 Å². The fourth-order valence-corrected chi connectivity index (χ4v) is 2.23. The Morgan fingerprint density at radius 3 is 2.16 bits per heavy atom. The molecule has 0 saturated carbocycles. The zero-order valence-electron chi connectivity index (χ0n) is 13.1. The Bertz CT molecular complexity index is 404. The fraction of sp³-hybridized carbons (Fsp3) is 0.625. The van der Waals surface area contributed by atoms with Crippen molar-refractivity contribution in [3.63, 3.8) is 0 Å². The minimum absolute atomic E-state index is 0.170. The highest BCUT2D eigenvalue weighted by Gasteiger charge is 2.21. The van der Waals surface area contributed by atoms with Gasteiger partial charge in [0.25, 0.3) is 0 Å². The van der Waals surface area contributed by atoms with Gasteiger partial charge in [0.05, 0.1) is 13.7 Å². The predicted molar refractivity (Wildman–Crippen MR) is 80.0 cm³/mol. The van der Waals surface area contributed by atoms with E-state index >= 15 is 0 Å². The van der Waals surface area contributed by atoms with Gasteiger partial charge in [-0.25, -0.2) is 0 Å². The van der Waals surface area contributed by atoms with Crippen LogP contribution >= 0.6 is 0 Å². The van der Waals surface area contributed by atoms with Crippen molar-refractivity contribution in [2.24, 2.45) is 0 Å². The van der Waals surface area contributed by atoms with E-state index in [1.165, 1.54) is 16.7 Å². The molecule has 1 rings (SSSR count). The number of likely N-dealkylation sites (N-methyl/N-ethyl adjacent to an activating group) is 1. The van der Waals surface area contributed by atoms with E-state index in [9.17, 15) is 5.11 Å². The molecule has 1 aromatic rings. The Morgan fingerprint density at radius 2 is 1.74 bits per heavy atom. The Labute approximate surface area is 117 Å². The number of hydrogen-bond acceptors (Lipinski definition) is 3. The maximum atomic E-state index is 9.36. The maximum absolute atomic E-state index is 9.36. The van der Waals surface area contributed by atoms with Gasteiger partial charge in [-0.1, -0.05) is 12.1 Å². The quantitative estimate of drug-likeness (QED) is 0.858. The molecule has 0 aliphatic carbocycles. The lowest BCUT2D eigenvalue weighted by Crippen LogP contribution is -2.45. The van der Waals surface area contributed by atoms with Gasteiger partial charge in [-0.3, -0.25) is 4.90 Å². The van der Waals surface area contributed by atoms with Gasteiger partial charge in [-0.15, -0.1) is 0 Å². The van der Waals surface area contributed by atoms with Crippen molar-refractivity contribution >= 4 is 0 Å². The van der Waals surface area contributed by atoms with Crippen LogP contribution in [0.15, 0.2) is 12.1 Å². The molecule has 19 heavy (non-hydrogen) atoms. The summed E-state index contributed by atoms with van der Waals surface area (Å²) in [6.07, 6.45) is 0.978. The molecule has 0 aliphatic rings. The van der Waals surface area contributed by atoms with Crippen LogP contribution in [0.25, 0.3) is 0 Å². The lowest BCUT2D eigenvalue weighted by Gasteiger charge is -2.33. The van der Waals surface area contributed by atoms with Gasteiger partial charge >= 0.3 is 0 Å². The van der Waals surface area contributed by atoms with E-state index in [0.29, 0.717) is 0 Å². The minimum Gasteiger partial charge on any atom is -0.496 e. The third-order valence-corrected chi connectivity index (χ3v) is 3.88. The Kier molecular flexibility index (Phi) is 5.39. The van der Waals surface area contributed by atoms with Crippen LogP contribution in [0.2, 0.25) is 0 Å². The molecular weight excluding hydrogens is 238 g/mol. The first-order valence-corrected chi connectivity index (χ1v) is 6.78. The van der Waals surface area contributed by atoms with E-state index in [1.54, 1.807) is 7.11 Å². The summed E-state index contributed by atoms with van der Waals surface area (Å²) < 4.78 is 5.38. The lowest BCUT2D eigenvalue weighted by molar-refractivity contribution is 0.0800. The summed E-state index contributed by atoms with van der Waals surface area (Å²) in [5.74, 6) is 0.979. The van der Waals surface area contributed by atoms with Crippen LogP contribution in [0.4, 0.5) is 0 Å². The number of nitrogens with zero attached hydrogens (tertiary/aromatic N) is 1. The van der Waals surface area contributed by atoms with Crippen LogP contribution in [0.5, 0.6) is 5.75 Å². The average Bonchev–Trinajstić information content (AvgIpc) is 2.35. The molecule has 0 aromatic heterocycles. The highest BCUT2D eigenvalue weighted by atomic mass is 16.5. The van der Waals surface area contributed by atoms with Crippen molar-refractivity contribution in [1.29, 1.82) is 0 Å². The normalized spacial score (nSPS) is 12.0. The van der Waals surface area contributed by atoms with Crippen LogP contribution in [0, 0.1) is 13.8 Å². The zero-order valence-corrected chi connectivity index (χ0v) is 13.1. The van der Waals surface area contributed by atoms with Gasteiger partial charge in [0.2, 0.25) is 0 Å². The number of rotatable bonds is 6. The summed E-state index contributed by atoms with van der Waals surface area (Å²) in [6.45, 7) is 9.37. The number of aliphatic hydroxyl groups excluding tert-OH is 1. The number of benzene rings is 1. The topological polar surface area (TPSA) is 32.7 Å². The Hall–Kier alpha value is -1.06. The molecule has 1 aromatic carbocycles. The van der Waals surface area contributed by atoms with Crippen molar-refractivity contribution < 1.29 is 9.84 Å². The highest BCUT2D eigenvalue weighted by molar-refractivity contribution is 5.43. The first-order chi connectivity index (χ1) is 8.81. The molecule has 0 bridgehead atoms. The van der Waals surface area contributed by atoms with Gasteiger partial charge < -0.3 is 9.84 Å². The monoisotopic (exact) mass is 265 g/mol. The van der Waals surface area contributed by atoms with Crippen LogP contribution in [0.3, 0.4) is 0 Å². The van der Waals surface area contributed by atoms with Gasteiger partial charge in [-0.05, 0) is 57.9 Å². The third-order valence-electron chi connectivity index (χ3n) is 3.88. The first-order valence-electron chi connectivity index (χ1n) is 6.78. The van der Waals surface area contributed by atoms with E-state index in [2.05, 4.69) is 51.8 Å². The maximum Gasteiger partial charge on any atom is 0.124 e. The summed E-state index contributed by atoms with van der Waals surface area (Å²) in [6, 6.07) is 4.37. The Morgan fingerprint density at radius 1 is 1.21 bits per heavy atom. The summed E-state index contributed by atoms with van der Waals surface area (Å²) in [5.41, 5.74) is 3.51. The van der Waals surface area contributed by atoms with Gasteiger partial charge in [0.1, 0.15) is 5.75 Å².